The van der Waals surface area contributed by atoms with Crippen molar-refractivity contribution in [3.8, 4) is 0 Å². The third kappa shape index (κ3) is 2.56. The van der Waals surface area contributed by atoms with Crippen LogP contribution in [-0.4, -0.2) is 9.55 Å². The first-order valence-electron chi connectivity index (χ1n) is 6.84. The second-order valence-corrected chi connectivity index (χ2v) is 5.35. The molecule has 3 nitrogen and oxygen atoms in total. The van der Waals surface area contributed by atoms with Gasteiger partial charge >= 0.3 is 0 Å². The van der Waals surface area contributed by atoms with Gasteiger partial charge in [0.05, 0.1) is 17.1 Å². The fraction of sp³-hybridized carbons (Fsp3) is 0.533. The third-order valence-electron chi connectivity index (χ3n) is 3.19. The summed E-state index contributed by atoms with van der Waals surface area (Å²) in [6.07, 6.45) is 2.08. The molecule has 1 atom stereocenters. The molecule has 2 aromatic rings. The van der Waals surface area contributed by atoms with Crippen LogP contribution in [0.4, 0.5) is 0 Å². The average molecular weight is 245 g/mol. The normalized spacial score (nSPS) is 13.4. The quantitative estimate of drug-likeness (QED) is 0.876. The fourth-order valence-corrected chi connectivity index (χ4v) is 2.45. The predicted octanol–water partition coefficient (Wildman–Crippen LogP) is 3.49. The van der Waals surface area contributed by atoms with Crippen molar-refractivity contribution in [2.45, 2.75) is 46.2 Å². The molecule has 1 unspecified atom stereocenters. The summed E-state index contributed by atoms with van der Waals surface area (Å²) in [4.78, 5) is 4.72. The summed E-state index contributed by atoms with van der Waals surface area (Å²) >= 11 is 0. The number of hydrogen-bond acceptors (Lipinski definition) is 2. The van der Waals surface area contributed by atoms with Crippen LogP contribution in [0.3, 0.4) is 0 Å². The number of hydrogen-bond donors (Lipinski definition) is 1. The second kappa shape index (κ2) is 5.53. The van der Waals surface area contributed by atoms with Crippen LogP contribution in [0, 0.1) is 5.92 Å². The maximum absolute atomic E-state index is 6.31. The molecule has 1 aromatic heterocycles. The SMILES string of the molecule is CCCn1c(C(N)CC(C)C)nc2ccccc21. The van der Waals surface area contributed by atoms with Gasteiger partial charge in [-0.25, -0.2) is 4.98 Å². The topological polar surface area (TPSA) is 43.8 Å². The monoisotopic (exact) mass is 245 g/mol. The van der Waals surface area contributed by atoms with Crippen LogP contribution >= 0.6 is 0 Å². The van der Waals surface area contributed by atoms with Crippen LogP contribution in [0.5, 0.6) is 0 Å². The molecule has 0 radical (unpaired) electrons. The molecule has 98 valence electrons. The highest BCUT2D eigenvalue weighted by molar-refractivity contribution is 5.76. The van der Waals surface area contributed by atoms with E-state index in [4.69, 9.17) is 10.7 Å². The lowest BCUT2D eigenvalue weighted by atomic mass is 10.0. The highest BCUT2D eigenvalue weighted by Gasteiger charge is 2.17. The Morgan fingerprint density at radius 1 is 1.28 bits per heavy atom. The highest BCUT2D eigenvalue weighted by atomic mass is 15.1. The molecular weight excluding hydrogens is 222 g/mol. The molecule has 2 N–H and O–H groups in total. The molecule has 1 heterocycles. The number of benzene rings is 1. The highest BCUT2D eigenvalue weighted by Crippen LogP contribution is 2.23. The fourth-order valence-electron chi connectivity index (χ4n) is 2.45. The summed E-state index contributed by atoms with van der Waals surface area (Å²) in [7, 11) is 0. The number of aryl methyl sites for hydroxylation is 1. The lowest BCUT2D eigenvalue weighted by Crippen LogP contribution is -2.18. The Kier molecular flexibility index (Phi) is 4.02. The molecule has 2 rings (SSSR count). The average Bonchev–Trinajstić information content (AvgIpc) is 2.68. The van der Waals surface area contributed by atoms with Gasteiger partial charge in [0.2, 0.25) is 0 Å². The Labute approximate surface area is 109 Å². The molecule has 18 heavy (non-hydrogen) atoms. The largest absolute Gasteiger partial charge is 0.327 e. The number of rotatable bonds is 5. The molecule has 0 aliphatic heterocycles. The van der Waals surface area contributed by atoms with E-state index in [9.17, 15) is 0 Å². The minimum Gasteiger partial charge on any atom is -0.327 e. The number of nitrogens with zero attached hydrogens (tertiary/aromatic N) is 2. The molecule has 0 amide bonds. The van der Waals surface area contributed by atoms with Crippen molar-refractivity contribution in [1.82, 2.24) is 9.55 Å². The zero-order chi connectivity index (χ0) is 13.1. The first-order chi connectivity index (χ1) is 8.63. The van der Waals surface area contributed by atoms with E-state index in [-0.39, 0.29) is 6.04 Å². The van der Waals surface area contributed by atoms with E-state index >= 15 is 0 Å². The molecule has 1 aromatic carbocycles. The molecule has 0 bridgehead atoms. The van der Waals surface area contributed by atoms with E-state index in [1.165, 1.54) is 5.52 Å². The van der Waals surface area contributed by atoms with Crippen molar-refractivity contribution >= 4 is 11.0 Å². The van der Waals surface area contributed by atoms with Crippen molar-refractivity contribution in [2.24, 2.45) is 11.7 Å². The Bertz CT molecular complexity index is 513. The van der Waals surface area contributed by atoms with E-state index in [0.717, 1.165) is 30.7 Å². The van der Waals surface area contributed by atoms with Crippen molar-refractivity contribution in [1.29, 1.82) is 0 Å². The minimum atomic E-state index is 0.0314. The van der Waals surface area contributed by atoms with Gasteiger partial charge in [-0.2, -0.15) is 0 Å². The van der Waals surface area contributed by atoms with E-state index in [1.807, 2.05) is 6.07 Å². The molecule has 3 heteroatoms. The Balaban J connectivity index is 2.44. The van der Waals surface area contributed by atoms with E-state index in [0.29, 0.717) is 5.92 Å². The summed E-state index contributed by atoms with van der Waals surface area (Å²) in [5, 5.41) is 0. The van der Waals surface area contributed by atoms with Gasteiger partial charge in [-0.3, -0.25) is 0 Å². The van der Waals surface area contributed by atoms with Crippen molar-refractivity contribution in [3.05, 3.63) is 30.1 Å². The summed E-state index contributed by atoms with van der Waals surface area (Å²) in [5.41, 5.74) is 8.57. The van der Waals surface area contributed by atoms with Crippen LogP contribution in [0.2, 0.25) is 0 Å². The summed E-state index contributed by atoms with van der Waals surface area (Å²) < 4.78 is 2.28. The Morgan fingerprint density at radius 3 is 2.67 bits per heavy atom. The van der Waals surface area contributed by atoms with E-state index in [1.54, 1.807) is 0 Å². The molecule has 0 fully saturated rings. The van der Waals surface area contributed by atoms with Crippen LogP contribution in [0.15, 0.2) is 24.3 Å². The molecule has 0 saturated heterocycles. The number of nitrogens with two attached hydrogens (primary N) is 1. The maximum atomic E-state index is 6.31. The molecule has 0 aliphatic carbocycles. The summed E-state index contributed by atoms with van der Waals surface area (Å²) in [5.74, 6) is 1.63. The molecule has 0 saturated carbocycles. The third-order valence-corrected chi connectivity index (χ3v) is 3.19. The van der Waals surface area contributed by atoms with Crippen LogP contribution in [0.25, 0.3) is 11.0 Å². The standard InChI is InChI=1S/C15H23N3/c1-4-9-18-14-8-6-5-7-13(14)17-15(18)12(16)10-11(2)3/h5-8,11-12H,4,9-10,16H2,1-3H3. The van der Waals surface area contributed by atoms with Crippen molar-refractivity contribution < 1.29 is 0 Å². The first-order valence-corrected chi connectivity index (χ1v) is 6.84. The van der Waals surface area contributed by atoms with Gasteiger partial charge in [-0.15, -0.1) is 0 Å². The van der Waals surface area contributed by atoms with Gasteiger partial charge in [0.15, 0.2) is 0 Å². The van der Waals surface area contributed by atoms with Crippen molar-refractivity contribution in [3.63, 3.8) is 0 Å². The Hall–Kier alpha value is -1.35. The van der Waals surface area contributed by atoms with Gasteiger partial charge in [0.1, 0.15) is 5.82 Å². The van der Waals surface area contributed by atoms with Gasteiger partial charge in [0.25, 0.3) is 0 Å². The smallest absolute Gasteiger partial charge is 0.126 e. The first kappa shape index (κ1) is 13.1. The second-order valence-electron chi connectivity index (χ2n) is 5.35. The zero-order valence-corrected chi connectivity index (χ0v) is 11.6. The van der Waals surface area contributed by atoms with Crippen molar-refractivity contribution in [2.75, 3.05) is 0 Å². The number of fused-ring (bicyclic) bond motifs is 1. The van der Waals surface area contributed by atoms with E-state index in [2.05, 4.69) is 43.5 Å². The van der Waals surface area contributed by atoms with Gasteiger partial charge in [-0.1, -0.05) is 32.9 Å². The number of imidazole rings is 1. The van der Waals surface area contributed by atoms with Gasteiger partial charge in [-0.05, 0) is 30.9 Å². The maximum Gasteiger partial charge on any atom is 0.126 e. The number of aromatic nitrogens is 2. The lowest BCUT2D eigenvalue weighted by Gasteiger charge is -2.15. The van der Waals surface area contributed by atoms with Gasteiger partial charge < -0.3 is 10.3 Å². The van der Waals surface area contributed by atoms with Crippen LogP contribution in [-0.2, 0) is 6.54 Å². The van der Waals surface area contributed by atoms with Crippen LogP contribution < -0.4 is 5.73 Å². The predicted molar refractivity (Wildman–Crippen MR) is 76.4 cm³/mol. The molecule has 0 spiro atoms. The zero-order valence-electron chi connectivity index (χ0n) is 11.6. The summed E-state index contributed by atoms with van der Waals surface area (Å²) in [6, 6.07) is 8.32. The molecular formula is C15H23N3. The minimum absolute atomic E-state index is 0.0314. The van der Waals surface area contributed by atoms with Gasteiger partial charge in [0, 0.05) is 6.54 Å². The Morgan fingerprint density at radius 2 is 2.00 bits per heavy atom. The van der Waals surface area contributed by atoms with Crippen LogP contribution in [0.1, 0.15) is 45.5 Å². The molecule has 0 aliphatic rings. The summed E-state index contributed by atoms with van der Waals surface area (Å²) in [6.45, 7) is 7.58. The van der Waals surface area contributed by atoms with E-state index < -0.39 is 0 Å². The lowest BCUT2D eigenvalue weighted by molar-refractivity contribution is 0.475. The number of para-hydroxylation sites is 2.